The molecule has 1 aliphatic heterocycles. The smallest absolute Gasteiger partial charge is 0.272 e. The van der Waals surface area contributed by atoms with E-state index in [-0.39, 0.29) is 6.42 Å². The number of halogens is 2. The van der Waals surface area contributed by atoms with E-state index in [0.717, 1.165) is 18.8 Å². The van der Waals surface area contributed by atoms with E-state index in [1.165, 1.54) is 0 Å². The van der Waals surface area contributed by atoms with Crippen LogP contribution in [-0.4, -0.2) is 32.2 Å². The topological polar surface area (TPSA) is 38.5 Å². The number of ether oxygens (including phenoxy) is 1. The van der Waals surface area contributed by atoms with Crippen LogP contribution < -0.4 is 10.6 Å². The summed E-state index contributed by atoms with van der Waals surface area (Å²) < 4.78 is 32.2. The van der Waals surface area contributed by atoms with Crippen molar-refractivity contribution in [3.8, 4) is 0 Å². The van der Waals surface area contributed by atoms with Crippen LogP contribution in [0.4, 0.5) is 14.5 Å². The van der Waals surface area contributed by atoms with Crippen molar-refractivity contribution in [3.05, 3.63) is 29.8 Å². The van der Waals surface area contributed by atoms with Crippen molar-refractivity contribution in [1.82, 2.24) is 0 Å². The second-order valence-corrected chi connectivity index (χ2v) is 4.97. The number of morpholine rings is 1. The van der Waals surface area contributed by atoms with Gasteiger partial charge in [-0.2, -0.15) is 0 Å². The van der Waals surface area contributed by atoms with Crippen molar-refractivity contribution in [3.63, 3.8) is 0 Å². The normalized spacial score (nSPS) is 30.3. The highest BCUT2D eigenvalue weighted by molar-refractivity contribution is 5.60. The van der Waals surface area contributed by atoms with E-state index in [9.17, 15) is 8.78 Å². The van der Waals surface area contributed by atoms with Crippen molar-refractivity contribution in [2.24, 2.45) is 5.73 Å². The van der Waals surface area contributed by atoms with Crippen molar-refractivity contribution in [2.45, 2.75) is 17.9 Å². The molecule has 2 fully saturated rings. The SMILES string of the molecule is NC1(c2ccccc2N2CCOCC2)CC1(F)F. The lowest BCUT2D eigenvalue weighted by Crippen LogP contribution is -2.38. The van der Waals surface area contributed by atoms with Crippen LogP contribution in [0.1, 0.15) is 12.0 Å². The van der Waals surface area contributed by atoms with Gasteiger partial charge in [0, 0.05) is 30.8 Å². The van der Waals surface area contributed by atoms with Gasteiger partial charge in [-0.25, -0.2) is 8.78 Å². The van der Waals surface area contributed by atoms with Gasteiger partial charge in [-0.1, -0.05) is 18.2 Å². The zero-order chi connectivity index (χ0) is 12.8. The highest BCUT2D eigenvalue weighted by atomic mass is 19.3. The number of nitrogens with zero attached hydrogens (tertiary/aromatic N) is 1. The maximum Gasteiger partial charge on any atom is 0.272 e. The number of hydrogen-bond acceptors (Lipinski definition) is 3. The standard InChI is InChI=1S/C13H16F2N2O/c14-13(15)9-12(13,16)10-3-1-2-4-11(10)17-5-7-18-8-6-17/h1-4H,5-9,16H2. The predicted molar refractivity (Wildman–Crippen MR) is 64.9 cm³/mol. The Hall–Kier alpha value is -1.20. The first-order valence-corrected chi connectivity index (χ1v) is 6.13. The molecule has 1 unspecified atom stereocenters. The van der Waals surface area contributed by atoms with E-state index in [2.05, 4.69) is 4.90 Å². The van der Waals surface area contributed by atoms with E-state index in [4.69, 9.17) is 10.5 Å². The van der Waals surface area contributed by atoms with Crippen molar-refractivity contribution < 1.29 is 13.5 Å². The van der Waals surface area contributed by atoms with Crippen LogP contribution in [0.3, 0.4) is 0 Å². The maximum absolute atomic E-state index is 13.4. The van der Waals surface area contributed by atoms with Crippen molar-refractivity contribution in [1.29, 1.82) is 0 Å². The lowest BCUT2D eigenvalue weighted by atomic mass is 10.0. The maximum atomic E-state index is 13.4. The highest BCUT2D eigenvalue weighted by Crippen LogP contribution is 2.59. The number of nitrogens with two attached hydrogens (primary N) is 1. The van der Waals surface area contributed by atoms with E-state index < -0.39 is 11.5 Å². The third-order valence-electron chi connectivity index (χ3n) is 3.76. The first-order chi connectivity index (χ1) is 8.55. The van der Waals surface area contributed by atoms with Crippen molar-refractivity contribution >= 4 is 5.69 Å². The molecule has 1 aliphatic carbocycles. The zero-order valence-corrected chi connectivity index (χ0v) is 10.0. The van der Waals surface area contributed by atoms with E-state index in [1.54, 1.807) is 12.1 Å². The molecule has 0 aromatic heterocycles. The number of para-hydroxylation sites is 1. The molecule has 3 nitrogen and oxygen atoms in total. The molecule has 1 heterocycles. The minimum atomic E-state index is -2.78. The first kappa shape index (κ1) is 11.9. The van der Waals surface area contributed by atoms with Crippen molar-refractivity contribution in [2.75, 3.05) is 31.2 Å². The third kappa shape index (κ3) is 1.69. The molecule has 1 aromatic rings. The van der Waals surface area contributed by atoms with Crippen LogP contribution >= 0.6 is 0 Å². The zero-order valence-electron chi connectivity index (χ0n) is 10.0. The van der Waals surface area contributed by atoms with Gasteiger partial charge in [0.1, 0.15) is 5.54 Å². The van der Waals surface area contributed by atoms with E-state index in [1.807, 2.05) is 12.1 Å². The van der Waals surface area contributed by atoms with E-state index >= 15 is 0 Å². The Bertz CT molecular complexity index is 460. The summed E-state index contributed by atoms with van der Waals surface area (Å²) in [7, 11) is 0. The molecular weight excluding hydrogens is 238 g/mol. The van der Waals surface area contributed by atoms with Gasteiger partial charge in [0.05, 0.1) is 13.2 Å². The minimum absolute atomic E-state index is 0.263. The predicted octanol–water partition coefficient (Wildman–Crippen LogP) is 1.72. The molecule has 2 aliphatic rings. The van der Waals surface area contributed by atoms with Crippen LogP contribution in [0.15, 0.2) is 24.3 Å². The quantitative estimate of drug-likeness (QED) is 0.873. The molecule has 0 bridgehead atoms. The summed E-state index contributed by atoms with van der Waals surface area (Å²) in [5.41, 5.74) is 5.73. The minimum Gasteiger partial charge on any atom is -0.378 e. The number of alkyl halides is 2. The Balaban J connectivity index is 1.96. The van der Waals surface area contributed by atoms with Crippen LogP contribution in [0.25, 0.3) is 0 Å². The Morgan fingerprint density at radius 3 is 2.39 bits per heavy atom. The van der Waals surface area contributed by atoms with Crippen LogP contribution in [0, 0.1) is 0 Å². The lowest BCUT2D eigenvalue weighted by molar-refractivity contribution is 0.0890. The molecule has 0 amide bonds. The van der Waals surface area contributed by atoms with Crippen LogP contribution in [0.5, 0.6) is 0 Å². The molecule has 98 valence electrons. The largest absolute Gasteiger partial charge is 0.378 e. The molecule has 1 saturated carbocycles. The van der Waals surface area contributed by atoms with Gasteiger partial charge < -0.3 is 15.4 Å². The fraction of sp³-hybridized carbons (Fsp3) is 0.538. The molecule has 1 saturated heterocycles. The van der Waals surface area contributed by atoms with Gasteiger partial charge in [-0.15, -0.1) is 0 Å². The van der Waals surface area contributed by atoms with Gasteiger partial charge in [0.25, 0.3) is 5.92 Å². The summed E-state index contributed by atoms with van der Waals surface area (Å²) in [6.07, 6.45) is -0.263. The fourth-order valence-electron chi connectivity index (χ4n) is 2.53. The van der Waals surface area contributed by atoms with Gasteiger partial charge in [-0.3, -0.25) is 0 Å². The molecule has 18 heavy (non-hydrogen) atoms. The van der Waals surface area contributed by atoms with E-state index in [0.29, 0.717) is 18.8 Å². The molecule has 1 aromatic carbocycles. The molecule has 0 radical (unpaired) electrons. The summed E-state index contributed by atoms with van der Waals surface area (Å²) in [5, 5.41) is 0. The molecular formula is C13H16F2N2O. The Morgan fingerprint density at radius 1 is 1.17 bits per heavy atom. The third-order valence-corrected chi connectivity index (χ3v) is 3.76. The highest BCUT2D eigenvalue weighted by Gasteiger charge is 2.70. The summed E-state index contributed by atoms with van der Waals surface area (Å²) in [6.45, 7) is 2.70. The summed E-state index contributed by atoms with van der Waals surface area (Å²) in [6, 6.07) is 7.20. The van der Waals surface area contributed by atoms with Crippen LogP contribution in [0.2, 0.25) is 0 Å². The Morgan fingerprint density at radius 2 is 1.78 bits per heavy atom. The molecule has 3 rings (SSSR count). The number of rotatable bonds is 2. The second kappa shape index (κ2) is 3.90. The first-order valence-electron chi connectivity index (χ1n) is 6.13. The van der Waals surface area contributed by atoms with Gasteiger partial charge in [0.2, 0.25) is 0 Å². The molecule has 5 heteroatoms. The summed E-state index contributed by atoms with van der Waals surface area (Å²) in [4.78, 5) is 2.07. The molecule has 1 atom stereocenters. The average molecular weight is 254 g/mol. The number of benzene rings is 1. The Labute approximate surface area is 105 Å². The average Bonchev–Trinajstić information content (AvgIpc) is 2.91. The van der Waals surface area contributed by atoms with Gasteiger partial charge >= 0.3 is 0 Å². The monoisotopic (exact) mass is 254 g/mol. The number of hydrogen-bond donors (Lipinski definition) is 1. The lowest BCUT2D eigenvalue weighted by Gasteiger charge is -2.31. The number of anilines is 1. The summed E-state index contributed by atoms with van der Waals surface area (Å²) in [5.74, 6) is -2.78. The van der Waals surface area contributed by atoms with Gasteiger partial charge in [0.15, 0.2) is 0 Å². The van der Waals surface area contributed by atoms with Gasteiger partial charge in [-0.05, 0) is 6.07 Å². The molecule has 0 spiro atoms. The fourth-order valence-corrected chi connectivity index (χ4v) is 2.53. The molecule has 2 N–H and O–H groups in total. The second-order valence-electron chi connectivity index (χ2n) is 4.97. The summed E-state index contributed by atoms with van der Waals surface area (Å²) >= 11 is 0. The van der Waals surface area contributed by atoms with Crippen LogP contribution in [-0.2, 0) is 10.3 Å². The Kier molecular flexibility index (Phi) is 2.57.